The molecule has 5 amide bonds. The zero-order chi connectivity index (χ0) is 25.7. The second-order valence-corrected chi connectivity index (χ2v) is 8.43. The topological polar surface area (TPSA) is 132 Å². The molecule has 0 unspecified atom stereocenters. The highest BCUT2D eigenvalue weighted by molar-refractivity contribution is 6.30. The number of morpholine rings is 1. The number of nitrogens with zero attached hydrogens (tertiary/aromatic N) is 1. The number of hydrogen-bond donors (Lipinski definition) is 5. The second kappa shape index (κ2) is 11.0. The zero-order valence-electron chi connectivity index (χ0n) is 19.3. The summed E-state index contributed by atoms with van der Waals surface area (Å²) in [4.78, 5) is 38.9. The molecule has 0 aliphatic carbocycles. The lowest BCUT2D eigenvalue weighted by Crippen LogP contribution is -2.42. The Morgan fingerprint density at radius 2 is 1.56 bits per heavy atom. The fourth-order valence-corrected chi connectivity index (χ4v) is 3.78. The third-order valence-electron chi connectivity index (χ3n) is 5.33. The fraction of sp³-hybridized carbons (Fsp3) is 0.160. The number of hydrogen-bond acceptors (Lipinski definition) is 5. The van der Waals surface area contributed by atoms with Crippen LogP contribution in [0.5, 0.6) is 5.75 Å². The summed E-state index contributed by atoms with van der Waals surface area (Å²) in [6, 6.07) is 14.8. The molecule has 5 N–H and O–H groups in total. The molecule has 0 radical (unpaired) electrons. The first-order valence-electron chi connectivity index (χ1n) is 11.0. The number of nitrogens with one attached hydrogen (secondary N) is 4. The van der Waals surface area contributed by atoms with Gasteiger partial charge in [-0.1, -0.05) is 11.6 Å². The van der Waals surface area contributed by atoms with E-state index in [-0.39, 0.29) is 29.6 Å². The van der Waals surface area contributed by atoms with E-state index in [1.54, 1.807) is 47.4 Å². The Morgan fingerprint density at radius 1 is 0.889 bits per heavy atom. The molecule has 1 heterocycles. The van der Waals surface area contributed by atoms with Gasteiger partial charge in [-0.25, -0.2) is 9.59 Å². The van der Waals surface area contributed by atoms with Crippen LogP contribution in [0.15, 0.2) is 60.7 Å². The van der Waals surface area contributed by atoms with Gasteiger partial charge in [-0.3, -0.25) is 4.79 Å². The molecular formula is C25H24ClN5O5. The summed E-state index contributed by atoms with van der Waals surface area (Å²) in [5, 5.41) is 21.1. The lowest BCUT2D eigenvalue weighted by Gasteiger charge is -2.28. The van der Waals surface area contributed by atoms with Crippen LogP contribution < -0.4 is 26.2 Å². The van der Waals surface area contributed by atoms with Crippen LogP contribution in [0.25, 0.3) is 0 Å². The van der Waals surface area contributed by atoms with Crippen LogP contribution in [0.3, 0.4) is 0 Å². The molecule has 1 aliphatic heterocycles. The number of aromatic hydroxyl groups is 1. The number of carbonyl (C=O) groups is 3. The van der Waals surface area contributed by atoms with Gasteiger partial charge >= 0.3 is 12.1 Å². The Bertz CT molecular complexity index is 1300. The van der Waals surface area contributed by atoms with Crippen LogP contribution in [0.2, 0.25) is 5.02 Å². The SMILES string of the molecule is Cc1cc(NC(=O)Nc2ccc(O)cc2NC(=O)Nc2ccc(Cl)cc2)ccc1N1CCOCC1=O. The van der Waals surface area contributed by atoms with Gasteiger partial charge in [0.2, 0.25) is 0 Å². The van der Waals surface area contributed by atoms with Crippen molar-refractivity contribution < 1.29 is 24.2 Å². The summed E-state index contributed by atoms with van der Waals surface area (Å²) < 4.78 is 5.17. The third-order valence-corrected chi connectivity index (χ3v) is 5.58. The first-order valence-corrected chi connectivity index (χ1v) is 11.4. The van der Waals surface area contributed by atoms with Crippen molar-refractivity contribution in [3.8, 4) is 5.75 Å². The second-order valence-electron chi connectivity index (χ2n) is 7.99. The normalized spacial score (nSPS) is 13.2. The number of halogens is 1. The summed E-state index contributed by atoms with van der Waals surface area (Å²) in [7, 11) is 0. The Kier molecular flexibility index (Phi) is 7.57. The first kappa shape index (κ1) is 24.8. The van der Waals surface area contributed by atoms with Gasteiger partial charge in [0.15, 0.2) is 0 Å². The van der Waals surface area contributed by atoms with Gasteiger partial charge in [-0.2, -0.15) is 0 Å². The van der Waals surface area contributed by atoms with Gasteiger partial charge in [0.05, 0.1) is 18.0 Å². The number of anilines is 5. The maximum absolute atomic E-state index is 12.7. The lowest BCUT2D eigenvalue weighted by atomic mass is 10.1. The number of phenols is 1. The predicted molar refractivity (Wildman–Crippen MR) is 139 cm³/mol. The molecule has 3 aromatic carbocycles. The standard InChI is InChI=1S/C25H24ClN5O5/c1-15-12-18(6-9-22(15)31-10-11-36-14-23(31)33)28-25(35)29-20-8-7-19(32)13-21(20)30-24(34)27-17-4-2-16(26)3-5-17/h2-9,12-13,32H,10-11,14H2,1H3,(H2,27,30,34)(H2,28,29,35). The summed E-state index contributed by atoms with van der Waals surface area (Å²) in [5.41, 5.74) is 3.06. The molecule has 1 aliphatic rings. The van der Waals surface area contributed by atoms with Gasteiger partial charge in [0.25, 0.3) is 5.91 Å². The van der Waals surface area contributed by atoms with E-state index >= 15 is 0 Å². The van der Waals surface area contributed by atoms with E-state index in [9.17, 15) is 19.5 Å². The predicted octanol–water partition coefficient (Wildman–Crippen LogP) is 5.01. The molecule has 1 saturated heterocycles. The Hall–Kier alpha value is -4.28. The van der Waals surface area contributed by atoms with Gasteiger partial charge < -0.3 is 36.0 Å². The summed E-state index contributed by atoms with van der Waals surface area (Å²) in [6.45, 7) is 2.83. The minimum atomic E-state index is -0.574. The highest BCUT2D eigenvalue weighted by Gasteiger charge is 2.21. The van der Waals surface area contributed by atoms with E-state index in [0.717, 1.165) is 11.3 Å². The molecule has 0 atom stereocenters. The van der Waals surface area contributed by atoms with E-state index in [2.05, 4.69) is 21.3 Å². The van der Waals surface area contributed by atoms with Crippen LogP contribution in [-0.4, -0.2) is 42.8 Å². The number of aryl methyl sites for hydroxylation is 1. The largest absolute Gasteiger partial charge is 0.508 e. The number of phenolic OH excluding ortho intramolecular Hbond substituents is 1. The van der Waals surface area contributed by atoms with Crippen LogP contribution in [0.1, 0.15) is 5.56 Å². The average molecular weight is 510 g/mol. The van der Waals surface area contributed by atoms with Gasteiger partial charge in [0, 0.05) is 34.7 Å². The fourth-order valence-electron chi connectivity index (χ4n) is 3.66. The average Bonchev–Trinajstić information content (AvgIpc) is 2.83. The maximum atomic E-state index is 12.7. The Balaban J connectivity index is 1.41. The van der Waals surface area contributed by atoms with Crippen LogP contribution >= 0.6 is 11.6 Å². The number of amides is 5. The van der Waals surface area contributed by atoms with Crippen molar-refractivity contribution in [2.45, 2.75) is 6.92 Å². The Labute approximate surface area is 212 Å². The number of rotatable bonds is 5. The molecule has 0 aromatic heterocycles. The molecule has 0 saturated carbocycles. The van der Waals surface area contributed by atoms with Crippen molar-refractivity contribution in [2.75, 3.05) is 45.9 Å². The highest BCUT2D eigenvalue weighted by atomic mass is 35.5. The lowest BCUT2D eigenvalue weighted by molar-refractivity contribution is -0.125. The van der Waals surface area contributed by atoms with Crippen molar-refractivity contribution in [1.82, 2.24) is 0 Å². The van der Waals surface area contributed by atoms with Crippen LogP contribution in [0.4, 0.5) is 38.0 Å². The summed E-state index contributed by atoms with van der Waals surface area (Å²) in [6.07, 6.45) is 0. The quantitative estimate of drug-likeness (QED) is 0.309. The van der Waals surface area contributed by atoms with E-state index in [0.29, 0.717) is 29.5 Å². The van der Waals surface area contributed by atoms with E-state index in [4.69, 9.17) is 16.3 Å². The Morgan fingerprint density at radius 3 is 2.25 bits per heavy atom. The summed E-state index contributed by atoms with van der Waals surface area (Å²) in [5.74, 6) is -0.207. The van der Waals surface area contributed by atoms with Crippen LogP contribution in [0, 0.1) is 6.92 Å². The minimum absolute atomic E-state index is 0.0442. The van der Waals surface area contributed by atoms with E-state index in [1.165, 1.54) is 18.2 Å². The van der Waals surface area contributed by atoms with Gasteiger partial charge in [0.1, 0.15) is 12.4 Å². The first-order chi connectivity index (χ1) is 17.3. The van der Waals surface area contributed by atoms with Crippen molar-refractivity contribution in [1.29, 1.82) is 0 Å². The van der Waals surface area contributed by atoms with E-state index < -0.39 is 12.1 Å². The van der Waals surface area contributed by atoms with Crippen molar-refractivity contribution in [3.05, 3.63) is 71.2 Å². The molecule has 186 valence electrons. The van der Waals surface area contributed by atoms with Crippen molar-refractivity contribution >= 4 is 58.0 Å². The minimum Gasteiger partial charge on any atom is -0.508 e. The number of ether oxygens (including phenoxy) is 1. The van der Waals surface area contributed by atoms with E-state index in [1.807, 2.05) is 6.92 Å². The molecule has 3 aromatic rings. The molecule has 11 heteroatoms. The molecule has 0 spiro atoms. The monoisotopic (exact) mass is 509 g/mol. The molecule has 36 heavy (non-hydrogen) atoms. The van der Waals surface area contributed by atoms with Gasteiger partial charge in [-0.05, 0) is 67.1 Å². The molecule has 0 bridgehead atoms. The number of carbonyl (C=O) groups excluding carboxylic acids is 3. The number of urea groups is 2. The molecule has 1 fully saturated rings. The summed E-state index contributed by atoms with van der Waals surface area (Å²) >= 11 is 5.86. The van der Waals surface area contributed by atoms with Gasteiger partial charge in [-0.15, -0.1) is 0 Å². The van der Waals surface area contributed by atoms with Crippen LogP contribution in [-0.2, 0) is 9.53 Å². The van der Waals surface area contributed by atoms with Crippen molar-refractivity contribution in [2.24, 2.45) is 0 Å². The third kappa shape index (κ3) is 6.23. The van der Waals surface area contributed by atoms with Crippen molar-refractivity contribution in [3.63, 3.8) is 0 Å². The molecule has 10 nitrogen and oxygen atoms in total. The smallest absolute Gasteiger partial charge is 0.323 e. The number of benzene rings is 3. The maximum Gasteiger partial charge on any atom is 0.323 e. The molecule has 4 rings (SSSR count). The zero-order valence-corrected chi connectivity index (χ0v) is 20.1. The molecular weight excluding hydrogens is 486 g/mol. The highest BCUT2D eigenvalue weighted by Crippen LogP contribution is 2.28.